The predicted molar refractivity (Wildman–Crippen MR) is 89.1 cm³/mol. The van der Waals surface area contributed by atoms with Crippen molar-refractivity contribution >= 4 is 11.9 Å². The second kappa shape index (κ2) is 11.7. The van der Waals surface area contributed by atoms with E-state index < -0.39 is 0 Å². The quantitative estimate of drug-likeness (QED) is 0.464. The van der Waals surface area contributed by atoms with Gasteiger partial charge in [-0.2, -0.15) is 0 Å². The standard InChI is InChI=1S/C18H27NO4/c1-3-23-18(21)12-14-19(13-7-15-22-2)17(20)11-10-16-8-5-4-6-9-16/h4-6,8-9H,3,7,10-15H2,1-2H3. The molecule has 0 heterocycles. The number of benzene rings is 1. The van der Waals surface area contributed by atoms with Gasteiger partial charge in [0.1, 0.15) is 0 Å². The molecule has 0 saturated heterocycles. The first kappa shape index (κ1) is 19.2. The fourth-order valence-corrected chi connectivity index (χ4v) is 2.27. The molecule has 0 spiro atoms. The van der Waals surface area contributed by atoms with E-state index in [0.29, 0.717) is 39.1 Å². The molecule has 5 nitrogen and oxygen atoms in total. The van der Waals surface area contributed by atoms with Crippen molar-refractivity contribution in [3.63, 3.8) is 0 Å². The van der Waals surface area contributed by atoms with Gasteiger partial charge in [0.25, 0.3) is 0 Å². The molecule has 5 heteroatoms. The average molecular weight is 321 g/mol. The molecule has 0 aliphatic rings. The molecule has 23 heavy (non-hydrogen) atoms. The van der Waals surface area contributed by atoms with Crippen LogP contribution in [0, 0.1) is 0 Å². The zero-order valence-electron chi connectivity index (χ0n) is 14.1. The van der Waals surface area contributed by atoms with E-state index in [1.54, 1.807) is 18.9 Å². The minimum absolute atomic E-state index is 0.0641. The molecule has 0 atom stereocenters. The molecule has 0 aliphatic carbocycles. The van der Waals surface area contributed by atoms with E-state index in [1.807, 2.05) is 30.3 Å². The highest BCUT2D eigenvalue weighted by Gasteiger charge is 2.15. The lowest BCUT2D eigenvalue weighted by Gasteiger charge is -2.22. The Morgan fingerprint density at radius 1 is 1.09 bits per heavy atom. The lowest BCUT2D eigenvalue weighted by molar-refractivity contribution is -0.144. The maximum atomic E-state index is 12.4. The van der Waals surface area contributed by atoms with Crippen molar-refractivity contribution in [2.45, 2.75) is 32.6 Å². The van der Waals surface area contributed by atoms with Gasteiger partial charge in [0.15, 0.2) is 0 Å². The van der Waals surface area contributed by atoms with E-state index in [1.165, 1.54) is 0 Å². The Morgan fingerprint density at radius 2 is 1.83 bits per heavy atom. The fourth-order valence-electron chi connectivity index (χ4n) is 2.27. The molecular formula is C18H27NO4. The number of methoxy groups -OCH3 is 1. The Morgan fingerprint density at radius 3 is 2.48 bits per heavy atom. The molecule has 0 aliphatic heterocycles. The number of carbonyl (C=O) groups is 2. The van der Waals surface area contributed by atoms with Crippen LogP contribution in [0.2, 0.25) is 0 Å². The van der Waals surface area contributed by atoms with E-state index in [4.69, 9.17) is 9.47 Å². The molecule has 0 fully saturated rings. The summed E-state index contributed by atoms with van der Waals surface area (Å²) >= 11 is 0. The van der Waals surface area contributed by atoms with Crippen molar-refractivity contribution in [2.24, 2.45) is 0 Å². The van der Waals surface area contributed by atoms with Crippen molar-refractivity contribution in [2.75, 3.05) is 33.4 Å². The molecule has 0 bridgehead atoms. The Kier molecular flexibility index (Phi) is 9.71. The monoisotopic (exact) mass is 321 g/mol. The van der Waals surface area contributed by atoms with Crippen LogP contribution >= 0.6 is 0 Å². The van der Waals surface area contributed by atoms with Crippen LogP contribution in [0.15, 0.2) is 30.3 Å². The van der Waals surface area contributed by atoms with Crippen LogP contribution in [0.1, 0.15) is 31.7 Å². The number of esters is 1. The molecule has 0 aromatic heterocycles. The number of aryl methyl sites for hydroxylation is 1. The summed E-state index contributed by atoms with van der Waals surface area (Å²) < 4.78 is 9.96. The lowest BCUT2D eigenvalue weighted by Crippen LogP contribution is -2.34. The van der Waals surface area contributed by atoms with Gasteiger partial charge in [-0.3, -0.25) is 9.59 Å². The van der Waals surface area contributed by atoms with Crippen LogP contribution < -0.4 is 0 Å². The zero-order valence-corrected chi connectivity index (χ0v) is 14.1. The van der Waals surface area contributed by atoms with Crippen LogP contribution in [-0.4, -0.2) is 50.2 Å². The van der Waals surface area contributed by atoms with Crippen molar-refractivity contribution in [1.82, 2.24) is 4.90 Å². The highest BCUT2D eigenvalue weighted by Crippen LogP contribution is 2.06. The van der Waals surface area contributed by atoms with Crippen LogP contribution in [0.4, 0.5) is 0 Å². The van der Waals surface area contributed by atoms with Gasteiger partial charge < -0.3 is 14.4 Å². The van der Waals surface area contributed by atoms with Crippen molar-refractivity contribution in [1.29, 1.82) is 0 Å². The minimum Gasteiger partial charge on any atom is -0.466 e. The van der Waals surface area contributed by atoms with Crippen molar-refractivity contribution in [3.8, 4) is 0 Å². The van der Waals surface area contributed by atoms with Crippen LogP contribution in [0.25, 0.3) is 0 Å². The second-order valence-electron chi connectivity index (χ2n) is 5.27. The van der Waals surface area contributed by atoms with E-state index in [9.17, 15) is 9.59 Å². The topological polar surface area (TPSA) is 55.8 Å². The number of nitrogens with zero attached hydrogens (tertiary/aromatic N) is 1. The molecule has 1 aromatic rings. The number of amides is 1. The molecule has 0 saturated carbocycles. The van der Waals surface area contributed by atoms with Crippen LogP contribution in [-0.2, 0) is 25.5 Å². The molecule has 1 amide bonds. The minimum atomic E-state index is -0.264. The first-order valence-corrected chi connectivity index (χ1v) is 8.13. The van der Waals surface area contributed by atoms with Gasteiger partial charge in [-0.1, -0.05) is 30.3 Å². The highest BCUT2D eigenvalue weighted by molar-refractivity contribution is 5.77. The van der Waals surface area contributed by atoms with Gasteiger partial charge in [-0.15, -0.1) is 0 Å². The van der Waals surface area contributed by atoms with Gasteiger partial charge >= 0.3 is 5.97 Å². The number of ether oxygens (including phenoxy) is 2. The third kappa shape index (κ3) is 8.35. The number of rotatable bonds is 11. The SMILES string of the molecule is CCOC(=O)CCN(CCCOC)C(=O)CCc1ccccc1. The average Bonchev–Trinajstić information content (AvgIpc) is 2.57. The molecule has 1 aromatic carbocycles. The molecule has 0 unspecified atom stereocenters. The molecule has 0 radical (unpaired) electrons. The van der Waals surface area contributed by atoms with E-state index in [2.05, 4.69) is 0 Å². The van der Waals surface area contributed by atoms with Gasteiger partial charge in [0.05, 0.1) is 13.0 Å². The summed E-state index contributed by atoms with van der Waals surface area (Å²) in [6, 6.07) is 9.93. The number of hydrogen-bond acceptors (Lipinski definition) is 4. The van der Waals surface area contributed by atoms with Gasteiger partial charge in [-0.05, 0) is 25.3 Å². The Balaban J connectivity index is 2.47. The van der Waals surface area contributed by atoms with Gasteiger partial charge in [0, 0.05) is 33.2 Å². The largest absolute Gasteiger partial charge is 0.466 e. The van der Waals surface area contributed by atoms with Crippen LogP contribution in [0.3, 0.4) is 0 Å². The van der Waals surface area contributed by atoms with E-state index in [-0.39, 0.29) is 18.3 Å². The zero-order chi connectivity index (χ0) is 16.9. The van der Waals surface area contributed by atoms with Gasteiger partial charge in [-0.25, -0.2) is 0 Å². The second-order valence-corrected chi connectivity index (χ2v) is 5.27. The third-order valence-corrected chi connectivity index (χ3v) is 3.49. The first-order valence-electron chi connectivity index (χ1n) is 8.13. The van der Waals surface area contributed by atoms with Crippen molar-refractivity contribution < 1.29 is 19.1 Å². The Labute approximate surface area is 138 Å². The van der Waals surface area contributed by atoms with E-state index in [0.717, 1.165) is 12.0 Å². The summed E-state index contributed by atoms with van der Waals surface area (Å²) in [5, 5.41) is 0. The highest BCUT2D eigenvalue weighted by atomic mass is 16.5. The Bertz CT molecular complexity index is 461. The lowest BCUT2D eigenvalue weighted by atomic mass is 10.1. The van der Waals surface area contributed by atoms with Crippen molar-refractivity contribution in [3.05, 3.63) is 35.9 Å². The Hall–Kier alpha value is -1.88. The third-order valence-electron chi connectivity index (χ3n) is 3.49. The summed E-state index contributed by atoms with van der Waals surface area (Å²) in [5.41, 5.74) is 1.14. The normalized spacial score (nSPS) is 10.3. The van der Waals surface area contributed by atoms with Crippen LogP contribution in [0.5, 0.6) is 0 Å². The summed E-state index contributed by atoms with van der Waals surface area (Å²) in [4.78, 5) is 25.6. The maximum absolute atomic E-state index is 12.4. The number of carbonyl (C=O) groups excluding carboxylic acids is 2. The summed E-state index contributed by atoms with van der Waals surface area (Å²) in [5.74, 6) is -0.200. The maximum Gasteiger partial charge on any atom is 0.307 e. The molecule has 128 valence electrons. The molecule has 0 N–H and O–H groups in total. The molecule has 1 rings (SSSR count). The number of hydrogen-bond donors (Lipinski definition) is 0. The van der Waals surface area contributed by atoms with Gasteiger partial charge in [0.2, 0.25) is 5.91 Å². The summed E-state index contributed by atoms with van der Waals surface area (Å²) in [7, 11) is 1.64. The first-order chi connectivity index (χ1) is 11.2. The molecular weight excluding hydrogens is 294 g/mol. The summed E-state index contributed by atoms with van der Waals surface area (Å²) in [6.45, 7) is 3.74. The van der Waals surface area contributed by atoms with E-state index >= 15 is 0 Å². The predicted octanol–water partition coefficient (Wildman–Crippen LogP) is 2.44. The smallest absolute Gasteiger partial charge is 0.307 e. The fraction of sp³-hybridized carbons (Fsp3) is 0.556. The summed E-state index contributed by atoms with van der Waals surface area (Å²) in [6.07, 6.45) is 2.15.